The van der Waals surface area contributed by atoms with E-state index in [2.05, 4.69) is 19.8 Å². The Balaban J connectivity index is 1.12. The maximum absolute atomic E-state index is 14.0. The molecule has 0 atom stereocenters. The van der Waals surface area contributed by atoms with Crippen LogP contribution in [0.3, 0.4) is 0 Å². The summed E-state index contributed by atoms with van der Waals surface area (Å²) in [6.45, 7) is 0.149. The van der Waals surface area contributed by atoms with Crippen LogP contribution in [0.1, 0.15) is 5.56 Å². The third kappa shape index (κ3) is 4.47. The highest BCUT2D eigenvalue weighted by Crippen LogP contribution is 2.48. The number of aromatic nitrogens is 5. The first-order chi connectivity index (χ1) is 26.0. The number of fused-ring (bicyclic) bond motifs is 11. The van der Waals surface area contributed by atoms with Crippen molar-refractivity contribution in [3.05, 3.63) is 128 Å². The summed E-state index contributed by atoms with van der Waals surface area (Å²) in [5.74, 6) is 0. The van der Waals surface area contributed by atoms with Crippen LogP contribution in [0.4, 0.5) is 10.5 Å². The molecular weight excluding hydrogens is 745 g/mol. The van der Waals surface area contributed by atoms with Crippen LogP contribution in [-0.4, -0.2) is 28.2 Å². The lowest BCUT2D eigenvalue weighted by atomic mass is 10.0. The van der Waals surface area contributed by atoms with Gasteiger partial charge in [-0.1, -0.05) is 72.8 Å². The van der Waals surface area contributed by atoms with Gasteiger partial charge in [0.25, 0.3) is 0 Å². The molecule has 11 aromatic rings. The zero-order valence-electron chi connectivity index (χ0n) is 26.9. The number of carbonyl (C=O) groups excluding carboxylic acids is 1. The molecule has 0 saturated carbocycles. The molecule has 0 bridgehead atoms. The van der Waals surface area contributed by atoms with Gasteiger partial charge in [0, 0.05) is 42.1 Å². The van der Waals surface area contributed by atoms with E-state index in [1.54, 1.807) is 51.5 Å². The van der Waals surface area contributed by atoms with Crippen LogP contribution < -0.4 is 16.2 Å². The zero-order valence-corrected chi connectivity index (χ0v) is 30.2. The predicted octanol–water partition coefficient (Wildman–Crippen LogP) is 9.07. The monoisotopic (exact) mass is 762 g/mol. The van der Waals surface area contributed by atoms with Crippen LogP contribution in [0.2, 0.25) is 0 Å². The fourth-order valence-corrected chi connectivity index (χ4v) is 10.7. The molecule has 5 heterocycles. The van der Waals surface area contributed by atoms with E-state index in [-0.39, 0.29) is 12.0 Å². The van der Waals surface area contributed by atoms with Crippen molar-refractivity contribution in [2.45, 2.75) is 6.61 Å². The molecule has 0 N–H and O–H groups in total. The van der Waals surface area contributed by atoms with E-state index in [9.17, 15) is 14.4 Å². The summed E-state index contributed by atoms with van der Waals surface area (Å²) in [6, 6.07) is 30.3. The minimum atomic E-state index is -0.451. The first-order valence-corrected chi connectivity index (χ1v) is 19.4. The molecule has 0 aliphatic carbocycles. The number of hydrogen-bond donors (Lipinski definition) is 0. The standard InChI is InChI=1S/C39H18N6O4S4/c46-35-19-10-4-5-11-20(19)36(47)33(35)40-25-15-23-22(30-32(25)44-53-42-30)14-24(31-29(23)41-52-43-31)28-16-26-37(51-28)38-34(21-12-6-7-13-27(21)50-38)45(26)39(48)49-17-18-8-2-1-3-9-18/h1-16H,17H2. The maximum atomic E-state index is 14.0. The van der Waals surface area contributed by atoms with Crippen molar-refractivity contribution in [3.63, 3.8) is 0 Å². The molecule has 0 radical (unpaired) electrons. The van der Waals surface area contributed by atoms with Crippen molar-refractivity contribution < 1.29 is 9.53 Å². The van der Waals surface area contributed by atoms with E-state index >= 15 is 0 Å². The highest BCUT2D eigenvalue weighted by molar-refractivity contribution is 7.32. The van der Waals surface area contributed by atoms with Gasteiger partial charge in [-0.15, -0.1) is 22.7 Å². The van der Waals surface area contributed by atoms with E-state index in [1.165, 1.54) is 0 Å². The molecule has 14 heteroatoms. The lowest BCUT2D eigenvalue weighted by Gasteiger charge is -2.08. The molecule has 0 saturated heterocycles. The van der Waals surface area contributed by atoms with Crippen molar-refractivity contribution in [3.8, 4) is 10.4 Å². The van der Waals surface area contributed by atoms with Crippen LogP contribution in [0.5, 0.6) is 0 Å². The second kappa shape index (κ2) is 11.5. The lowest BCUT2D eigenvalue weighted by molar-refractivity contribution is 0.143. The van der Waals surface area contributed by atoms with Crippen molar-refractivity contribution in [1.29, 1.82) is 0 Å². The van der Waals surface area contributed by atoms with Gasteiger partial charge in [0.15, 0.2) is 5.36 Å². The van der Waals surface area contributed by atoms with Crippen molar-refractivity contribution in [1.82, 2.24) is 22.1 Å². The topological polar surface area (TPSA) is 129 Å². The van der Waals surface area contributed by atoms with Gasteiger partial charge in [0.2, 0.25) is 10.9 Å². The molecule has 0 unspecified atom stereocenters. The minimum absolute atomic E-state index is 0.148. The smallest absolute Gasteiger partial charge is 0.419 e. The fraction of sp³-hybridized carbons (Fsp3) is 0.0256. The van der Waals surface area contributed by atoms with Crippen LogP contribution in [0.25, 0.3) is 84.6 Å². The van der Waals surface area contributed by atoms with Crippen LogP contribution >= 0.6 is 46.1 Å². The molecule has 0 aliphatic heterocycles. The van der Waals surface area contributed by atoms with E-state index < -0.39 is 17.0 Å². The number of benzene rings is 5. The van der Waals surface area contributed by atoms with E-state index in [4.69, 9.17) is 13.5 Å². The summed E-state index contributed by atoms with van der Waals surface area (Å²) in [7, 11) is 0. The molecule has 10 nitrogen and oxygen atoms in total. The number of nitrogens with zero attached hydrogens (tertiary/aromatic N) is 6. The molecule has 53 heavy (non-hydrogen) atoms. The van der Waals surface area contributed by atoms with Gasteiger partial charge < -0.3 is 4.74 Å². The Kier molecular flexibility index (Phi) is 6.61. The number of ether oxygens (including phenoxy) is 1. The first-order valence-electron chi connectivity index (χ1n) is 16.3. The van der Waals surface area contributed by atoms with E-state index in [0.717, 1.165) is 80.8 Å². The van der Waals surface area contributed by atoms with Crippen molar-refractivity contribution in [2.75, 3.05) is 0 Å². The molecule has 0 spiro atoms. The van der Waals surface area contributed by atoms with Gasteiger partial charge in [-0.05, 0) is 29.8 Å². The van der Waals surface area contributed by atoms with Crippen LogP contribution in [0.15, 0.2) is 112 Å². The van der Waals surface area contributed by atoms with Gasteiger partial charge in [0.05, 0.1) is 49.6 Å². The second-order valence-electron chi connectivity index (χ2n) is 12.5. The van der Waals surface area contributed by atoms with E-state index in [1.807, 2.05) is 66.7 Å². The highest BCUT2D eigenvalue weighted by Gasteiger charge is 2.26. The summed E-state index contributed by atoms with van der Waals surface area (Å²) in [4.78, 5) is 46.0. The Labute approximate surface area is 312 Å². The Morgan fingerprint density at radius 3 is 2.08 bits per heavy atom. The first kappa shape index (κ1) is 30.6. The third-order valence-electron chi connectivity index (χ3n) is 9.53. The van der Waals surface area contributed by atoms with Gasteiger partial charge >= 0.3 is 6.09 Å². The molecule has 5 aromatic heterocycles. The molecule has 0 fully saturated rings. The van der Waals surface area contributed by atoms with Crippen molar-refractivity contribution >= 4 is 132 Å². The second-order valence-corrected chi connectivity index (χ2v) is 15.6. The molecule has 6 aromatic carbocycles. The van der Waals surface area contributed by atoms with Crippen LogP contribution in [0, 0.1) is 0 Å². The number of carbonyl (C=O) groups is 1. The maximum Gasteiger partial charge on any atom is 0.419 e. The summed E-state index contributed by atoms with van der Waals surface area (Å²) in [6.07, 6.45) is -0.451. The number of rotatable bonds is 4. The molecular formula is C39H18N6O4S4. The fourth-order valence-electron chi connectivity index (χ4n) is 7.12. The molecule has 252 valence electrons. The largest absolute Gasteiger partial charge is 0.444 e. The minimum Gasteiger partial charge on any atom is -0.444 e. The molecule has 11 rings (SSSR count). The van der Waals surface area contributed by atoms with Crippen molar-refractivity contribution in [2.24, 2.45) is 4.99 Å². The predicted molar refractivity (Wildman–Crippen MR) is 214 cm³/mol. The Morgan fingerprint density at radius 1 is 0.660 bits per heavy atom. The average molecular weight is 763 g/mol. The van der Waals surface area contributed by atoms with Gasteiger partial charge in [-0.2, -0.15) is 17.5 Å². The summed E-state index contributed by atoms with van der Waals surface area (Å²) >= 11 is 5.37. The van der Waals surface area contributed by atoms with Crippen LogP contribution in [-0.2, 0) is 11.3 Å². The lowest BCUT2D eigenvalue weighted by Crippen LogP contribution is -2.31. The van der Waals surface area contributed by atoms with E-state index in [0.29, 0.717) is 38.5 Å². The molecule has 0 aliphatic rings. The summed E-state index contributed by atoms with van der Waals surface area (Å²) in [5.41, 5.74) is 5.26. The quantitative estimate of drug-likeness (QED) is 0.174. The zero-order chi connectivity index (χ0) is 35.4. The van der Waals surface area contributed by atoms with Gasteiger partial charge in [-0.25, -0.2) is 14.4 Å². The Bertz CT molecular complexity index is 3440. The summed E-state index contributed by atoms with van der Waals surface area (Å²) in [5, 5.41) is 3.05. The Morgan fingerprint density at radius 2 is 1.30 bits per heavy atom. The Hall–Kier alpha value is -6.06. The normalized spacial score (nSPS) is 12.1. The number of hydrogen-bond acceptors (Lipinski definition) is 13. The molecule has 0 amide bonds. The van der Waals surface area contributed by atoms with Gasteiger partial charge in [0.1, 0.15) is 28.7 Å². The number of thiophene rings is 2. The SMILES string of the molecule is O=C(OCc1ccccc1)n1c2cc(-c3cc4c(cc(N=c5c(=O)c6ccccc6c5=O)c5nsnc54)c4nsnc34)sc2c2sc3ccccc3c21. The van der Waals surface area contributed by atoms with Gasteiger partial charge in [-0.3, -0.25) is 9.59 Å². The average Bonchev–Trinajstić information content (AvgIpc) is 4.04. The highest BCUT2D eigenvalue weighted by atomic mass is 32.1. The third-order valence-corrected chi connectivity index (χ3v) is 13.1. The summed E-state index contributed by atoms with van der Waals surface area (Å²) < 4.78 is 29.3.